The fourth-order valence-corrected chi connectivity index (χ4v) is 3.85. The molecule has 2 saturated heterocycles. The van der Waals surface area contributed by atoms with Gasteiger partial charge in [0, 0.05) is 43.7 Å². The van der Waals surface area contributed by atoms with Crippen molar-refractivity contribution >= 4 is 11.3 Å². The monoisotopic (exact) mass is 293 g/mol. The molecular formula is C15H23N3OS. The maximum absolute atomic E-state index is 6.10. The Morgan fingerprint density at radius 3 is 3.15 bits per heavy atom. The van der Waals surface area contributed by atoms with Crippen LogP contribution in [0.1, 0.15) is 11.4 Å². The first kappa shape index (κ1) is 14.2. The van der Waals surface area contributed by atoms with E-state index in [1.807, 2.05) is 12.3 Å². The quantitative estimate of drug-likeness (QED) is 0.792. The van der Waals surface area contributed by atoms with Gasteiger partial charge in [0.1, 0.15) is 5.01 Å². The molecule has 20 heavy (non-hydrogen) atoms. The molecule has 3 heterocycles. The Morgan fingerprint density at radius 1 is 1.40 bits per heavy atom. The average molecular weight is 293 g/mol. The van der Waals surface area contributed by atoms with E-state index in [4.69, 9.17) is 4.74 Å². The number of rotatable bonds is 4. The highest BCUT2D eigenvalue weighted by Crippen LogP contribution is 2.25. The van der Waals surface area contributed by atoms with Crippen molar-refractivity contribution in [2.45, 2.75) is 19.1 Å². The fourth-order valence-electron chi connectivity index (χ4n) is 3.20. The Morgan fingerprint density at radius 2 is 2.35 bits per heavy atom. The summed E-state index contributed by atoms with van der Waals surface area (Å²) in [5, 5.41) is 3.27. The van der Waals surface area contributed by atoms with Crippen molar-refractivity contribution in [2.24, 2.45) is 5.92 Å². The van der Waals surface area contributed by atoms with E-state index in [2.05, 4.69) is 26.7 Å². The molecule has 0 spiro atoms. The summed E-state index contributed by atoms with van der Waals surface area (Å²) in [7, 11) is 0. The Balaban J connectivity index is 1.56. The predicted molar refractivity (Wildman–Crippen MR) is 81.9 cm³/mol. The summed E-state index contributed by atoms with van der Waals surface area (Å²) in [6.07, 6.45) is 5.50. The third-order valence-corrected chi connectivity index (χ3v) is 5.01. The van der Waals surface area contributed by atoms with Gasteiger partial charge in [-0.2, -0.15) is 0 Å². The number of fused-ring (bicyclic) bond motifs is 1. The van der Waals surface area contributed by atoms with E-state index >= 15 is 0 Å². The van der Waals surface area contributed by atoms with Gasteiger partial charge in [-0.3, -0.25) is 9.80 Å². The first-order valence-corrected chi connectivity index (χ1v) is 8.28. The van der Waals surface area contributed by atoms with Crippen molar-refractivity contribution in [3.63, 3.8) is 0 Å². The number of nitrogens with zero attached hydrogens (tertiary/aromatic N) is 3. The second kappa shape index (κ2) is 6.80. The largest absolute Gasteiger partial charge is 0.375 e. The van der Waals surface area contributed by atoms with Crippen LogP contribution in [0, 0.1) is 5.92 Å². The number of piperidine rings is 1. The van der Waals surface area contributed by atoms with E-state index in [1.54, 1.807) is 11.3 Å². The van der Waals surface area contributed by atoms with Crippen molar-refractivity contribution in [3.8, 4) is 0 Å². The molecule has 0 bridgehead atoms. The highest BCUT2D eigenvalue weighted by atomic mass is 32.1. The van der Waals surface area contributed by atoms with Gasteiger partial charge < -0.3 is 4.74 Å². The molecule has 110 valence electrons. The Labute approximate surface area is 125 Å². The average Bonchev–Trinajstić information content (AvgIpc) is 2.86. The van der Waals surface area contributed by atoms with E-state index in [-0.39, 0.29) is 0 Å². The summed E-state index contributed by atoms with van der Waals surface area (Å²) >= 11 is 1.74. The SMILES string of the molecule is C=CCN1CCO[C@H]2CN(Cc3nccs3)CC[C@H]2C1. The minimum absolute atomic E-state index is 0.388. The van der Waals surface area contributed by atoms with E-state index in [9.17, 15) is 0 Å². The smallest absolute Gasteiger partial charge is 0.107 e. The standard InChI is InChI=1S/C15H23N3OS/c1-2-5-17-7-8-19-14-11-18(6-3-13(14)10-17)12-15-16-4-9-20-15/h2,4,9,13-14H,1,3,5-8,10-12H2/t13-,14-/m0/s1. The highest BCUT2D eigenvalue weighted by Gasteiger charge is 2.33. The van der Waals surface area contributed by atoms with Gasteiger partial charge in [0.25, 0.3) is 0 Å². The van der Waals surface area contributed by atoms with Gasteiger partial charge in [-0.05, 0) is 13.0 Å². The molecule has 2 aliphatic rings. The van der Waals surface area contributed by atoms with E-state index in [1.165, 1.54) is 11.4 Å². The first-order valence-electron chi connectivity index (χ1n) is 7.40. The van der Waals surface area contributed by atoms with Crippen LogP contribution in [0.3, 0.4) is 0 Å². The lowest BCUT2D eigenvalue weighted by Crippen LogP contribution is -2.46. The lowest BCUT2D eigenvalue weighted by atomic mass is 9.93. The van der Waals surface area contributed by atoms with Crippen molar-refractivity contribution < 1.29 is 4.74 Å². The van der Waals surface area contributed by atoms with Gasteiger partial charge in [-0.15, -0.1) is 17.9 Å². The summed E-state index contributed by atoms with van der Waals surface area (Å²) in [5.41, 5.74) is 0. The van der Waals surface area contributed by atoms with Crippen molar-refractivity contribution in [3.05, 3.63) is 29.2 Å². The zero-order valence-electron chi connectivity index (χ0n) is 11.9. The second-order valence-electron chi connectivity index (χ2n) is 5.67. The molecule has 1 aromatic rings. The van der Waals surface area contributed by atoms with Crippen LogP contribution in [0.2, 0.25) is 0 Å². The maximum atomic E-state index is 6.10. The maximum Gasteiger partial charge on any atom is 0.107 e. The van der Waals surface area contributed by atoms with Crippen LogP contribution in [0.4, 0.5) is 0 Å². The first-order chi connectivity index (χ1) is 9.85. The Hall–Kier alpha value is -0.750. The van der Waals surface area contributed by atoms with Crippen LogP contribution >= 0.6 is 11.3 Å². The van der Waals surface area contributed by atoms with Crippen LogP contribution < -0.4 is 0 Å². The van der Waals surface area contributed by atoms with Crippen LogP contribution in [-0.4, -0.2) is 60.2 Å². The normalized spacial score (nSPS) is 28.8. The number of thiazole rings is 1. The molecule has 0 N–H and O–H groups in total. The van der Waals surface area contributed by atoms with Crippen LogP contribution in [0.5, 0.6) is 0 Å². The van der Waals surface area contributed by atoms with Gasteiger partial charge in [0.15, 0.2) is 0 Å². The zero-order chi connectivity index (χ0) is 13.8. The van der Waals surface area contributed by atoms with Crippen LogP contribution in [0.15, 0.2) is 24.2 Å². The lowest BCUT2D eigenvalue weighted by molar-refractivity contribution is -0.0241. The summed E-state index contributed by atoms with van der Waals surface area (Å²) < 4.78 is 6.10. The molecule has 4 nitrogen and oxygen atoms in total. The molecule has 5 heteroatoms. The van der Waals surface area contributed by atoms with Gasteiger partial charge in [-0.1, -0.05) is 6.08 Å². The van der Waals surface area contributed by atoms with E-state index in [0.717, 1.165) is 45.9 Å². The van der Waals surface area contributed by atoms with Gasteiger partial charge in [0.05, 0.1) is 19.3 Å². The molecule has 0 radical (unpaired) electrons. The van der Waals surface area contributed by atoms with Gasteiger partial charge >= 0.3 is 0 Å². The molecule has 2 atom stereocenters. The van der Waals surface area contributed by atoms with Crippen LogP contribution in [-0.2, 0) is 11.3 Å². The lowest BCUT2D eigenvalue weighted by Gasteiger charge is -2.37. The molecule has 0 unspecified atom stereocenters. The minimum Gasteiger partial charge on any atom is -0.375 e. The Kier molecular flexibility index (Phi) is 4.83. The third kappa shape index (κ3) is 3.47. The van der Waals surface area contributed by atoms with E-state index < -0.39 is 0 Å². The molecule has 0 saturated carbocycles. The summed E-state index contributed by atoms with van der Waals surface area (Å²) in [5.74, 6) is 0.671. The second-order valence-corrected chi connectivity index (χ2v) is 6.65. The topological polar surface area (TPSA) is 28.6 Å². The third-order valence-electron chi connectivity index (χ3n) is 4.24. The molecule has 2 aliphatic heterocycles. The molecule has 0 amide bonds. The number of ether oxygens (including phenoxy) is 1. The van der Waals surface area contributed by atoms with Crippen LogP contribution in [0.25, 0.3) is 0 Å². The zero-order valence-corrected chi connectivity index (χ0v) is 12.7. The molecule has 2 fully saturated rings. The number of hydrogen-bond donors (Lipinski definition) is 0. The molecule has 0 aromatic carbocycles. The van der Waals surface area contributed by atoms with E-state index in [0.29, 0.717) is 12.0 Å². The minimum atomic E-state index is 0.388. The Bertz CT molecular complexity index is 423. The fraction of sp³-hybridized carbons (Fsp3) is 0.667. The predicted octanol–water partition coefficient (Wildman–Crippen LogP) is 1.85. The number of hydrogen-bond acceptors (Lipinski definition) is 5. The highest BCUT2D eigenvalue weighted by molar-refractivity contribution is 7.09. The van der Waals surface area contributed by atoms with Crippen molar-refractivity contribution in [1.82, 2.24) is 14.8 Å². The van der Waals surface area contributed by atoms with Crippen molar-refractivity contribution in [2.75, 3.05) is 39.3 Å². The summed E-state index contributed by atoms with van der Waals surface area (Å²) in [6, 6.07) is 0. The summed E-state index contributed by atoms with van der Waals surface area (Å²) in [4.78, 5) is 9.34. The molecular weight excluding hydrogens is 270 g/mol. The number of aromatic nitrogens is 1. The van der Waals surface area contributed by atoms with Gasteiger partial charge in [0.2, 0.25) is 0 Å². The molecule has 1 aromatic heterocycles. The number of likely N-dealkylation sites (tertiary alicyclic amines) is 1. The van der Waals surface area contributed by atoms with Gasteiger partial charge in [-0.25, -0.2) is 4.98 Å². The summed E-state index contributed by atoms with van der Waals surface area (Å²) in [6.45, 7) is 11.0. The molecule has 0 aliphatic carbocycles. The van der Waals surface area contributed by atoms with Crippen molar-refractivity contribution in [1.29, 1.82) is 0 Å². The molecule has 3 rings (SSSR count).